The number of thioether (sulfide) groups is 1. The monoisotopic (exact) mass is 493 g/mol. The van der Waals surface area contributed by atoms with Crippen molar-refractivity contribution in [3.05, 3.63) is 64.6 Å². The number of ether oxygens (including phenoxy) is 1. The zero-order valence-corrected chi connectivity index (χ0v) is 20.2. The number of hydrogen-bond donors (Lipinski definition) is 1. The topological polar surface area (TPSA) is 79.0 Å². The Bertz CT molecular complexity index is 1220. The van der Waals surface area contributed by atoms with E-state index in [1.165, 1.54) is 9.80 Å². The van der Waals surface area contributed by atoms with E-state index in [0.29, 0.717) is 44.9 Å². The third-order valence-electron chi connectivity index (χ3n) is 6.05. The van der Waals surface area contributed by atoms with Crippen LogP contribution in [0.25, 0.3) is 5.57 Å². The molecule has 2 aromatic carbocycles. The molecule has 0 spiro atoms. The minimum absolute atomic E-state index is 0.0413. The van der Waals surface area contributed by atoms with Gasteiger partial charge in [-0.1, -0.05) is 59.9 Å². The van der Waals surface area contributed by atoms with E-state index in [0.717, 1.165) is 30.2 Å². The number of nitrogens with zero attached hydrogens (tertiary/aromatic N) is 2. The molecule has 0 saturated carbocycles. The zero-order valence-electron chi connectivity index (χ0n) is 18.6. The van der Waals surface area contributed by atoms with Crippen LogP contribution >= 0.6 is 24.0 Å². The first-order valence-corrected chi connectivity index (χ1v) is 12.3. The number of carbonyl (C=O) groups excluding carboxylic acids is 3. The van der Waals surface area contributed by atoms with Crippen molar-refractivity contribution in [1.82, 2.24) is 4.90 Å². The van der Waals surface area contributed by atoms with Gasteiger partial charge in [0.05, 0.1) is 28.8 Å². The van der Waals surface area contributed by atoms with Crippen molar-refractivity contribution in [3.8, 4) is 0 Å². The molecule has 0 unspecified atom stereocenters. The van der Waals surface area contributed by atoms with Crippen LogP contribution in [0.2, 0.25) is 0 Å². The number of anilines is 2. The van der Waals surface area contributed by atoms with E-state index in [9.17, 15) is 14.4 Å². The zero-order chi connectivity index (χ0) is 23.8. The third-order valence-corrected chi connectivity index (χ3v) is 7.49. The number of carbonyl (C=O) groups is 3. The molecule has 1 atom stereocenters. The summed E-state index contributed by atoms with van der Waals surface area (Å²) in [6.45, 7) is 2.88. The first-order valence-electron chi connectivity index (χ1n) is 11.1. The van der Waals surface area contributed by atoms with Crippen molar-refractivity contribution >= 4 is 63.0 Å². The minimum Gasteiger partial charge on any atom is -0.376 e. The fourth-order valence-corrected chi connectivity index (χ4v) is 5.68. The average Bonchev–Trinajstić information content (AvgIpc) is 3.50. The molecule has 3 amide bonds. The fraction of sp³-hybridized carbons (Fsp3) is 0.280. The molecule has 3 aliphatic heterocycles. The number of fused-ring (bicyclic) bond motifs is 1. The summed E-state index contributed by atoms with van der Waals surface area (Å²) in [5, 5.41) is 2.83. The van der Waals surface area contributed by atoms with Gasteiger partial charge >= 0.3 is 0 Å². The van der Waals surface area contributed by atoms with E-state index in [-0.39, 0.29) is 30.4 Å². The van der Waals surface area contributed by atoms with E-state index in [2.05, 4.69) is 5.32 Å². The summed E-state index contributed by atoms with van der Waals surface area (Å²) >= 11 is 6.61. The highest BCUT2D eigenvalue weighted by Gasteiger charge is 2.43. The number of nitrogens with one attached hydrogen (secondary N) is 1. The molecule has 3 heterocycles. The third kappa shape index (κ3) is 4.26. The van der Waals surface area contributed by atoms with Crippen LogP contribution in [0.5, 0.6) is 0 Å². The lowest BCUT2D eigenvalue weighted by molar-refractivity contribution is -0.123. The second-order valence-electron chi connectivity index (χ2n) is 8.45. The van der Waals surface area contributed by atoms with Crippen LogP contribution in [-0.4, -0.2) is 52.7 Å². The summed E-state index contributed by atoms with van der Waals surface area (Å²) in [5.74, 6) is -0.980. The molecule has 0 radical (unpaired) electrons. The lowest BCUT2D eigenvalue weighted by Crippen LogP contribution is -2.36. The number of aryl methyl sites for hydroxylation is 1. The van der Waals surface area contributed by atoms with Crippen LogP contribution in [-0.2, 0) is 19.1 Å². The molecule has 0 aliphatic carbocycles. The Morgan fingerprint density at radius 3 is 2.62 bits per heavy atom. The average molecular weight is 494 g/mol. The molecule has 2 saturated heterocycles. The molecule has 9 heteroatoms. The summed E-state index contributed by atoms with van der Waals surface area (Å²) in [6, 6.07) is 14.7. The molecule has 1 N–H and O–H groups in total. The Balaban J connectivity index is 1.41. The van der Waals surface area contributed by atoms with Crippen LogP contribution in [0.15, 0.2) is 53.4 Å². The second kappa shape index (κ2) is 9.32. The van der Waals surface area contributed by atoms with E-state index in [1.54, 1.807) is 12.1 Å². The second-order valence-corrected chi connectivity index (χ2v) is 10.1. The highest BCUT2D eigenvalue weighted by Crippen LogP contribution is 2.44. The highest BCUT2D eigenvalue weighted by atomic mass is 32.2. The number of thiocarbonyl (C=S) groups is 1. The van der Waals surface area contributed by atoms with Gasteiger partial charge in [-0.3, -0.25) is 24.2 Å². The van der Waals surface area contributed by atoms with Crippen molar-refractivity contribution in [2.24, 2.45) is 0 Å². The van der Waals surface area contributed by atoms with Crippen LogP contribution in [0.3, 0.4) is 0 Å². The van der Waals surface area contributed by atoms with Crippen molar-refractivity contribution in [3.63, 3.8) is 0 Å². The van der Waals surface area contributed by atoms with Crippen molar-refractivity contribution in [1.29, 1.82) is 0 Å². The van der Waals surface area contributed by atoms with Gasteiger partial charge in [0.15, 0.2) is 0 Å². The molecular formula is C25H23N3O4S2. The van der Waals surface area contributed by atoms with Gasteiger partial charge in [0.2, 0.25) is 5.91 Å². The quantitative estimate of drug-likeness (QED) is 0.505. The standard InChI is InChI=1S/C25H23N3O4S2/c1-15-8-10-16(11-9-15)26-20(29)14-27-19-7-3-2-6-18(19)21(23(27)30)22-24(31)28(25(33)34-22)13-17-5-4-12-32-17/h2-3,6-11,17H,4-5,12-14H2,1H3,(H,26,29)/b22-21-/t17-/m0/s1. The molecule has 34 heavy (non-hydrogen) atoms. The number of benzene rings is 2. The number of hydrogen-bond acceptors (Lipinski definition) is 6. The lowest BCUT2D eigenvalue weighted by atomic mass is 10.1. The van der Waals surface area contributed by atoms with Crippen LogP contribution in [0.4, 0.5) is 11.4 Å². The van der Waals surface area contributed by atoms with Crippen LogP contribution in [0, 0.1) is 6.92 Å². The summed E-state index contributed by atoms with van der Waals surface area (Å²) < 4.78 is 6.09. The van der Waals surface area contributed by atoms with Crippen LogP contribution < -0.4 is 10.2 Å². The van der Waals surface area contributed by atoms with Gasteiger partial charge in [-0.2, -0.15) is 0 Å². The fourth-order valence-electron chi connectivity index (χ4n) is 4.34. The maximum atomic E-state index is 13.5. The molecule has 0 bridgehead atoms. The molecule has 174 valence electrons. The maximum Gasteiger partial charge on any atom is 0.267 e. The smallest absolute Gasteiger partial charge is 0.267 e. The Hall–Kier alpha value is -3.01. The van der Waals surface area contributed by atoms with Crippen molar-refractivity contribution < 1.29 is 19.1 Å². The molecule has 0 aromatic heterocycles. The van der Waals surface area contributed by atoms with Gasteiger partial charge in [-0.25, -0.2) is 0 Å². The van der Waals surface area contributed by atoms with Crippen LogP contribution in [0.1, 0.15) is 24.0 Å². The van der Waals surface area contributed by atoms with Gasteiger partial charge in [0.25, 0.3) is 11.8 Å². The Morgan fingerprint density at radius 2 is 1.88 bits per heavy atom. The first kappa shape index (κ1) is 22.8. The molecule has 7 nitrogen and oxygen atoms in total. The SMILES string of the molecule is Cc1ccc(NC(=O)CN2C(=O)/C(=C3\SC(=S)N(C[C@@H]4CCCO4)C3=O)c3ccccc32)cc1. The molecular weight excluding hydrogens is 470 g/mol. The molecule has 3 aliphatic rings. The Morgan fingerprint density at radius 1 is 1.12 bits per heavy atom. The van der Waals surface area contributed by atoms with Gasteiger partial charge < -0.3 is 10.1 Å². The minimum atomic E-state index is -0.377. The van der Waals surface area contributed by atoms with Gasteiger partial charge in [-0.15, -0.1) is 0 Å². The van der Waals surface area contributed by atoms with E-state index < -0.39 is 0 Å². The summed E-state index contributed by atoms with van der Waals surface area (Å²) in [7, 11) is 0. The summed E-state index contributed by atoms with van der Waals surface area (Å²) in [4.78, 5) is 42.8. The number of rotatable bonds is 5. The van der Waals surface area contributed by atoms with Gasteiger partial charge in [0, 0.05) is 17.9 Å². The van der Waals surface area contributed by atoms with E-state index in [1.807, 2.05) is 43.3 Å². The van der Waals surface area contributed by atoms with Crippen molar-refractivity contribution in [2.45, 2.75) is 25.9 Å². The molecule has 2 aromatic rings. The Labute approximate surface area is 207 Å². The summed E-state index contributed by atoms with van der Waals surface area (Å²) in [5.41, 5.74) is 3.28. The maximum absolute atomic E-state index is 13.5. The highest BCUT2D eigenvalue weighted by molar-refractivity contribution is 8.26. The number of amides is 3. The molecule has 2 fully saturated rings. The predicted molar refractivity (Wildman–Crippen MR) is 136 cm³/mol. The van der Waals surface area contributed by atoms with Crippen molar-refractivity contribution in [2.75, 3.05) is 29.9 Å². The van der Waals surface area contributed by atoms with Gasteiger partial charge in [-0.05, 0) is 38.0 Å². The summed E-state index contributed by atoms with van der Waals surface area (Å²) in [6.07, 6.45) is 1.81. The normalized spacial score (nSPS) is 22.0. The first-order chi connectivity index (χ1) is 16.4. The lowest BCUT2D eigenvalue weighted by Gasteiger charge is -2.18. The number of para-hydroxylation sites is 1. The van der Waals surface area contributed by atoms with E-state index >= 15 is 0 Å². The largest absolute Gasteiger partial charge is 0.376 e. The van der Waals surface area contributed by atoms with Gasteiger partial charge in [0.1, 0.15) is 10.9 Å². The predicted octanol–water partition coefficient (Wildman–Crippen LogP) is 3.73. The van der Waals surface area contributed by atoms with E-state index in [4.69, 9.17) is 17.0 Å². The molecule has 5 rings (SSSR count). The Kier molecular flexibility index (Phi) is 6.24.